The second kappa shape index (κ2) is 5.24. The highest BCUT2D eigenvalue weighted by molar-refractivity contribution is 7.91. The van der Waals surface area contributed by atoms with Gasteiger partial charge in [0.2, 0.25) is 10.0 Å². The average molecular weight is 296 g/mol. The van der Waals surface area contributed by atoms with Crippen LogP contribution in [0, 0.1) is 0 Å². The molecule has 6 nitrogen and oxygen atoms in total. The van der Waals surface area contributed by atoms with Gasteiger partial charge in [-0.1, -0.05) is 12.6 Å². The normalized spacial score (nSPS) is 16.2. The van der Waals surface area contributed by atoms with Gasteiger partial charge in [0.05, 0.1) is 10.5 Å². The molecule has 1 saturated carbocycles. The van der Waals surface area contributed by atoms with E-state index in [1.54, 1.807) is 24.4 Å². The Kier molecular flexibility index (Phi) is 3.80. The van der Waals surface area contributed by atoms with Crippen LogP contribution in [0.3, 0.4) is 0 Å². The zero-order valence-electron chi connectivity index (χ0n) is 11.1. The monoisotopic (exact) mass is 296 g/mol. The summed E-state index contributed by atoms with van der Waals surface area (Å²) in [5.41, 5.74) is 0.684. The number of amides is 1. The molecule has 0 atom stereocenters. The number of carbonyl (C=O) groups is 1. The van der Waals surface area contributed by atoms with E-state index in [1.807, 2.05) is 4.72 Å². The van der Waals surface area contributed by atoms with E-state index in [2.05, 4.69) is 16.3 Å². The molecule has 7 heteroatoms. The van der Waals surface area contributed by atoms with Gasteiger partial charge in [0, 0.05) is 18.3 Å². The number of sulfonamides is 1. The lowest BCUT2D eigenvalue weighted by atomic mass is 10.2. The molecule has 20 heavy (non-hydrogen) atoms. The van der Waals surface area contributed by atoms with Crippen molar-refractivity contribution in [3.63, 3.8) is 0 Å². The van der Waals surface area contributed by atoms with Crippen LogP contribution in [-0.2, 0) is 21.2 Å². The molecule has 0 saturated heterocycles. The Hall–Kier alpha value is -1.89. The van der Waals surface area contributed by atoms with Gasteiger partial charge in [-0.05, 0) is 31.9 Å². The van der Waals surface area contributed by atoms with Crippen molar-refractivity contribution in [2.24, 2.45) is 0 Å². The first kappa shape index (κ1) is 14.5. The van der Waals surface area contributed by atoms with E-state index in [0.29, 0.717) is 18.5 Å². The van der Waals surface area contributed by atoms with Crippen LogP contribution in [0.2, 0.25) is 0 Å². The Bertz CT molecular complexity index is 621. The lowest BCUT2D eigenvalue weighted by Crippen LogP contribution is -2.41. The Morgan fingerprint density at radius 3 is 2.70 bits per heavy atom. The molecule has 1 aliphatic carbocycles. The minimum atomic E-state index is -3.80. The van der Waals surface area contributed by atoms with E-state index >= 15 is 0 Å². The summed E-state index contributed by atoms with van der Waals surface area (Å²) in [6, 6.07) is 5.33. The number of carbonyl (C=O) groups excluding carboxylic acids is 1. The summed E-state index contributed by atoms with van der Waals surface area (Å²) < 4.78 is 30.1. The maximum absolute atomic E-state index is 12.2. The molecule has 0 aliphatic heterocycles. The number of aromatic nitrogens is 1. The quantitative estimate of drug-likeness (QED) is 0.837. The van der Waals surface area contributed by atoms with Gasteiger partial charge in [-0.25, -0.2) is 17.9 Å². The summed E-state index contributed by atoms with van der Waals surface area (Å²) >= 11 is 0. The van der Waals surface area contributed by atoms with Crippen molar-refractivity contribution in [1.29, 1.82) is 0 Å². The highest BCUT2D eigenvalue weighted by atomic mass is 32.2. The number of pyridine rings is 1. The number of nitrogens with one attached hydrogen (secondary N) is 1. The average Bonchev–Trinajstić information content (AvgIpc) is 3.09. The van der Waals surface area contributed by atoms with Crippen LogP contribution in [-0.4, -0.2) is 24.2 Å². The smallest absolute Gasteiger partial charge is 0.415 e. The second-order valence-corrected chi connectivity index (χ2v) is 6.95. The SMILES string of the molecule is C=C(C)OC(=O)NS(=O)(=O)C1(Cc2ccccn2)CC1. The predicted molar refractivity (Wildman–Crippen MR) is 73.3 cm³/mol. The summed E-state index contributed by atoms with van der Waals surface area (Å²) in [7, 11) is -3.80. The molecule has 108 valence electrons. The molecule has 0 radical (unpaired) electrons. The molecular formula is C13H16N2O4S. The molecule has 0 aromatic carbocycles. The second-order valence-electron chi connectivity index (χ2n) is 4.88. The van der Waals surface area contributed by atoms with E-state index in [9.17, 15) is 13.2 Å². The van der Waals surface area contributed by atoms with E-state index < -0.39 is 20.9 Å². The Balaban J connectivity index is 2.09. The third-order valence-corrected chi connectivity index (χ3v) is 5.22. The van der Waals surface area contributed by atoms with Crippen LogP contribution in [0.1, 0.15) is 25.5 Å². The van der Waals surface area contributed by atoms with Gasteiger partial charge in [-0.15, -0.1) is 0 Å². The van der Waals surface area contributed by atoms with Crippen molar-refractivity contribution in [2.45, 2.75) is 30.9 Å². The number of nitrogens with zero attached hydrogens (tertiary/aromatic N) is 1. The molecule has 0 spiro atoms. The van der Waals surface area contributed by atoms with Gasteiger partial charge < -0.3 is 4.74 Å². The van der Waals surface area contributed by atoms with E-state index in [4.69, 9.17) is 0 Å². The first-order valence-corrected chi connectivity index (χ1v) is 7.63. The van der Waals surface area contributed by atoms with Crippen molar-refractivity contribution in [3.05, 3.63) is 42.4 Å². The minimum Gasteiger partial charge on any atom is -0.415 e. The number of rotatable bonds is 5. The Morgan fingerprint density at radius 1 is 1.50 bits per heavy atom. The lowest BCUT2D eigenvalue weighted by Gasteiger charge is -2.16. The van der Waals surface area contributed by atoms with Gasteiger partial charge >= 0.3 is 6.09 Å². The molecule has 1 aromatic heterocycles. The summed E-state index contributed by atoms with van der Waals surface area (Å²) in [6.07, 6.45) is 1.87. The molecule has 1 N–H and O–H groups in total. The van der Waals surface area contributed by atoms with Crippen LogP contribution in [0.15, 0.2) is 36.7 Å². The van der Waals surface area contributed by atoms with Gasteiger partial charge in [-0.2, -0.15) is 0 Å². The van der Waals surface area contributed by atoms with Crippen LogP contribution >= 0.6 is 0 Å². The minimum absolute atomic E-state index is 0.132. The molecule has 0 bridgehead atoms. The summed E-state index contributed by atoms with van der Waals surface area (Å²) in [6.45, 7) is 4.85. The molecule has 1 fully saturated rings. The summed E-state index contributed by atoms with van der Waals surface area (Å²) in [5, 5.41) is 0. The molecule has 1 aromatic rings. The molecular weight excluding hydrogens is 280 g/mol. The third-order valence-electron chi connectivity index (χ3n) is 3.09. The highest BCUT2D eigenvalue weighted by Gasteiger charge is 2.55. The van der Waals surface area contributed by atoms with E-state index in [0.717, 1.165) is 0 Å². The topological polar surface area (TPSA) is 85.4 Å². The van der Waals surface area contributed by atoms with Crippen molar-refractivity contribution in [3.8, 4) is 0 Å². The van der Waals surface area contributed by atoms with E-state index in [-0.39, 0.29) is 12.2 Å². The van der Waals surface area contributed by atoms with Gasteiger partial charge in [0.25, 0.3) is 0 Å². The highest BCUT2D eigenvalue weighted by Crippen LogP contribution is 2.45. The van der Waals surface area contributed by atoms with Crippen LogP contribution in [0.5, 0.6) is 0 Å². The van der Waals surface area contributed by atoms with Crippen molar-refractivity contribution < 1.29 is 17.9 Å². The number of allylic oxidation sites excluding steroid dienone is 1. The molecule has 2 rings (SSSR count). The molecule has 0 unspecified atom stereocenters. The summed E-state index contributed by atoms with van der Waals surface area (Å²) in [5.74, 6) is 0.132. The zero-order valence-corrected chi connectivity index (χ0v) is 11.9. The number of hydrogen-bond acceptors (Lipinski definition) is 5. The molecule has 1 aliphatic rings. The van der Waals surface area contributed by atoms with Crippen molar-refractivity contribution in [1.82, 2.24) is 9.71 Å². The fraction of sp³-hybridized carbons (Fsp3) is 0.385. The number of hydrogen-bond donors (Lipinski definition) is 1. The molecule has 1 amide bonds. The third kappa shape index (κ3) is 3.16. The van der Waals surface area contributed by atoms with Gasteiger partial charge in [0.1, 0.15) is 0 Å². The first-order valence-electron chi connectivity index (χ1n) is 6.14. The van der Waals surface area contributed by atoms with Crippen LogP contribution < -0.4 is 4.72 Å². The fourth-order valence-electron chi connectivity index (χ4n) is 1.91. The van der Waals surface area contributed by atoms with Crippen molar-refractivity contribution >= 4 is 16.1 Å². The lowest BCUT2D eigenvalue weighted by molar-refractivity contribution is 0.183. The maximum Gasteiger partial charge on any atom is 0.426 e. The fourth-order valence-corrected chi connectivity index (χ4v) is 3.36. The zero-order chi connectivity index (χ0) is 14.8. The molecule has 1 heterocycles. The Labute approximate surface area is 117 Å². The van der Waals surface area contributed by atoms with E-state index in [1.165, 1.54) is 6.92 Å². The standard InChI is InChI=1S/C13H16N2O4S/c1-10(2)19-12(16)15-20(17,18)13(6-7-13)9-11-5-3-4-8-14-11/h3-5,8H,1,6-7,9H2,2H3,(H,15,16). The van der Waals surface area contributed by atoms with Crippen molar-refractivity contribution in [2.75, 3.05) is 0 Å². The van der Waals surface area contributed by atoms with Gasteiger partial charge in [-0.3, -0.25) is 4.98 Å². The largest absolute Gasteiger partial charge is 0.426 e. The first-order chi connectivity index (χ1) is 9.35. The summed E-state index contributed by atoms with van der Waals surface area (Å²) in [4.78, 5) is 15.5. The van der Waals surface area contributed by atoms with Gasteiger partial charge in [0.15, 0.2) is 0 Å². The Morgan fingerprint density at radius 2 is 2.20 bits per heavy atom. The predicted octanol–water partition coefficient (Wildman–Crippen LogP) is 1.75. The van der Waals surface area contributed by atoms with Crippen LogP contribution in [0.4, 0.5) is 4.79 Å². The number of ether oxygens (including phenoxy) is 1. The van der Waals surface area contributed by atoms with Crippen LogP contribution in [0.25, 0.3) is 0 Å². The maximum atomic E-state index is 12.2.